The van der Waals surface area contributed by atoms with Crippen molar-refractivity contribution in [2.45, 2.75) is 24.3 Å². The minimum atomic E-state index is -3.65. The van der Waals surface area contributed by atoms with Crippen molar-refractivity contribution in [2.24, 2.45) is 0 Å². The Hall–Kier alpha value is -2.65. The van der Waals surface area contributed by atoms with Gasteiger partial charge in [0.25, 0.3) is 0 Å². The van der Waals surface area contributed by atoms with Gasteiger partial charge in [0.15, 0.2) is 0 Å². The van der Waals surface area contributed by atoms with Gasteiger partial charge in [-0.15, -0.1) is 0 Å². The Morgan fingerprint density at radius 2 is 2.04 bits per heavy atom. The smallest absolute Gasteiger partial charge is 0.323 e. The van der Waals surface area contributed by atoms with Gasteiger partial charge >= 0.3 is 5.69 Å². The van der Waals surface area contributed by atoms with Crippen molar-refractivity contribution in [3.63, 3.8) is 0 Å². The molecule has 0 amide bonds. The van der Waals surface area contributed by atoms with Crippen LogP contribution in [0.25, 0.3) is 11.0 Å². The molecule has 136 valence electrons. The molecule has 1 fully saturated rings. The van der Waals surface area contributed by atoms with E-state index in [0.717, 1.165) is 5.69 Å². The SMILES string of the molecule is Cc1ncccc1OC1CCN(S(=O)(=O)c2ccc3[nH]c(=O)[nH]c3c2)C1. The van der Waals surface area contributed by atoms with Gasteiger partial charge < -0.3 is 14.7 Å². The Bertz CT molecular complexity index is 1120. The summed E-state index contributed by atoms with van der Waals surface area (Å²) in [7, 11) is -3.65. The normalized spacial score (nSPS) is 18.4. The molecule has 26 heavy (non-hydrogen) atoms. The number of sulfonamides is 1. The van der Waals surface area contributed by atoms with Gasteiger partial charge in [-0.1, -0.05) is 0 Å². The van der Waals surface area contributed by atoms with Gasteiger partial charge in [0.1, 0.15) is 11.9 Å². The molecule has 1 aromatic carbocycles. The summed E-state index contributed by atoms with van der Waals surface area (Å²) in [6.07, 6.45) is 2.08. The molecule has 3 heterocycles. The van der Waals surface area contributed by atoms with Crippen LogP contribution in [0.15, 0.2) is 46.2 Å². The van der Waals surface area contributed by atoms with E-state index in [-0.39, 0.29) is 23.2 Å². The standard InChI is InChI=1S/C17H18N4O4S/c1-11-16(3-2-7-18-11)25-12-6-8-21(10-12)26(23,24)13-4-5-14-15(9-13)20-17(22)19-14/h2-5,7,9,12H,6,8,10H2,1H3,(H2,19,20,22). The van der Waals surface area contributed by atoms with Crippen molar-refractivity contribution < 1.29 is 13.2 Å². The molecule has 9 heteroatoms. The van der Waals surface area contributed by atoms with Gasteiger partial charge in [0.2, 0.25) is 10.0 Å². The Kier molecular flexibility index (Phi) is 4.04. The third-order valence-electron chi connectivity index (χ3n) is 4.49. The summed E-state index contributed by atoms with van der Waals surface area (Å²) in [5, 5.41) is 0. The van der Waals surface area contributed by atoms with E-state index in [1.54, 1.807) is 18.3 Å². The van der Waals surface area contributed by atoms with Crippen molar-refractivity contribution in [2.75, 3.05) is 13.1 Å². The van der Waals surface area contributed by atoms with Crippen molar-refractivity contribution in [1.82, 2.24) is 19.3 Å². The molecule has 0 bridgehead atoms. The molecule has 0 aliphatic carbocycles. The number of H-pyrrole nitrogens is 2. The zero-order chi connectivity index (χ0) is 18.3. The van der Waals surface area contributed by atoms with Crippen molar-refractivity contribution >= 4 is 21.1 Å². The number of aromatic nitrogens is 3. The van der Waals surface area contributed by atoms with Crippen LogP contribution in [0, 0.1) is 6.92 Å². The van der Waals surface area contributed by atoms with E-state index in [1.807, 2.05) is 13.0 Å². The lowest BCUT2D eigenvalue weighted by atomic mass is 10.3. The van der Waals surface area contributed by atoms with Crippen LogP contribution in [-0.4, -0.2) is 46.9 Å². The number of benzene rings is 1. The van der Waals surface area contributed by atoms with Crippen LogP contribution in [0.5, 0.6) is 5.75 Å². The first kappa shape index (κ1) is 16.8. The lowest BCUT2D eigenvalue weighted by Gasteiger charge is -2.18. The maximum Gasteiger partial charge on any atom is 0.323 e. The number of rotatable bonds is 4. The van der Waals surface area contributed by atoms with Crippen molar-refractivity contribution in [3.05, 3.63) is 52.7 Å². The number of imidazole rings is 1. The van der Waals surface area contributed by atoms with Crippen molar-refractivity contribution in [1.29, 1.82) is 0 Å². The Labute approximate surface area is 149 Å². The first-order valence-electron chi connectivity index (χ1n) is 8.24. The number of hydrogen-bond acceptors (Lipinski definition) is 5. The second kappa shape index (κ2) is 6.26. The predicted octanol–water partition coefficient (Wildman–Crippen LogP) is 1.40. The fourth-order valence-electron chi connectivity index (χ4n) is 3.11. The molecule has 0 spiro atoms. The highest BCUT2D eigenvalue weighted by Gasteiger charge is 2.34. The zero-order valence-corrected chi connectivity index (χ0v) is 14.9. The summed E-state index contributed by atoms with van der Waals surface area (Å²) < 4.78 is 33.1. The number of ether oxygens (including phenoxy) is 1. The monoisotopic (exact) mass is 374 g/mol. The van der Waals surface area contributed by atoms with E-state index >= 15 is 0 Å². The van der Waals surface area contributed by atoms with Crippen LogP contribution >= 0.6 is 0 Å². The quantitative estimate of drug-likeness (QED) is 0.718. The predicted molar refractivity (Wildman–Crippen MR) is 95.7 cm³/mol. The lowest BCUT2D eigenvalue weighted by Crippen LogP contribution is -2.31. The lowest BCUT2D eigenvalue weighted by molar-refractivity contribution is 0.213. The first-order chi connectivity index (χ1) is 12.4. The number of pyridine rings is 1. The third kappa shape index (κ3) is 2.99. The fraction of sp³-hybridized carbons (Fsp3) is 0.294. The van der Waals surface area contributed by atoms with Crippen LogP contribution in [-0.2, 0) is 10.0 Å². The van der Waals surface area contributed by atoms with Gasteiger partial charge in [-0.2, -0.15) is 4.31 Å². The molecule has 0 saturated carbocycles. The summed E-state index contributed by atoms with van der Waals surface area (Å²) in [5.41, 5.74) is 1.45. The molecule has 8 nitrogen and oxygen atoms in total. The Morgan fingerprint density at radius 3 is 2.85 bits per heavy atom. The highest BCUT2D eigenvalue weighted by molar-refractivity contribution is 7.89. The number of nitrogens with zero attached hydrogens (tertiary/aromatic N) is 2. The first-order valence-corrected chi connectivity index (χ1v) is 9.68. The molecule has 1 saturated heterocycles. The molecule has 1 aliphatic rings. The second-order valence-corrected chi connectivity index (χ2v) is 8.20. The van der Waals surface area contributed by atoms with Gasteiger partial charge in [-0.25, -0.2) is 13.2 Å². The third-order valence-corrected chi connectivity index (χ3v) is 6.35. The van der Waals surface area contributed by atoms with E-state index in [0.29, 0.717) is 29.7 Å². The van der Waals surface area contributed by atoms with Crippen LogP contribution in [0.1, 0.15) is 12.1 Å². The number of aryl methyl sites for hydroxylation is 1. The summed E-state index contributed by atoms with van der Waals surface area (Å²) in [6.45, 7) is 2.51. The Balaban J connectivity index is 1.54. The highest BCUT2D eigenvalue weighted by atomic mass is 32.2. The topological polar surface area (TPSA) is 108 Å². The molecular weight excluding hydrogens is 356 g/mol. The number of fused-ring (bicyclic) bond motifs is 1. The minimum Gasteiger partial charge on any atom is -0.487 e. The number of nitrogens with one attached hydrogen (secondary N) is 2. The van der Waals surface area contributed by atoms with Crippen LogP contribution in [0.2, 0.25) is 0 Å². The molecule has 3 aromatic rings. The van der Waals surface area contributed by atoms with E-state index in [1.165, 1.54) is 16.4 Å². The average Bonchev–Trinajstić information content (AvgIpc) is 3.22. The van der Waals surface area contributed by atoms with Gasteiger partial charge in [-0.3, -0.25) is 4.98 Å². The van der Waals surface area contributed by atoms with Crippen molar-refractivity contribution in [3.8, 4) is 5.75 Å². The Morgan fingerprint density at radius 1 is 1.23 bits per heavy atom. The van der Waals surface area contributed by atoms with E-state index in [9.17, 15) is 13.2 Å². The molecule has 2 aromatic heterocycles. The van der Waals surface area contributed by atoms with Gasteiger partial charge in [-0.05, 0) is 43.7 Å². The number of hydrogen-bond donors (Lipinski definition) is 2. The van der Waals surface area contributed by atoms with E-state index in [2.05, 4.69) is 15.0 Å². The molecule has 0 radical (unpaired) electrons. The summed E-state index contributed by atoms with van der Waals surface area (Å²) in [6, 6.07) is 8.18. The minimum absolute atomic E-state index is 0.151. The average molecular weight is 374 g/mol. The largest absolute Gasteiger partial charge is 0.487 e. The van der Waals surface area contributed by atoms with Gasteiger partial charge in [0.05, 0.1) is 28.2 Å². The molecule has 1 atom stereocenters. The van der Waals surface area contributed by atoms with Crippen LogP contribution in [0.3, 0.4) is 0 Å². The highest BCUT2D eigenvalue weighted by Crippen LogP contribution is 2.26. The van der Waals surface area contributed by atoms with E-state index < -0.39 is 10.0 Å². The maximum absolute atomic E-state index is 12.9. The molecule has 2 N–H and O–H groups in total. The second-order valence-electron chi connectivity index (χ2n) is 6.27. The van der Waals surface area contributed by atoms with E-state index in [4.69, 9.17) is 4.74 Å². The van der Waals surface area contributed by atoms with Crippen LogP contribution < -0.4 is 10.4 Å². The van der Waals surface area contributed by atoms with Gasteiger partial charge in [0, 0.05) is 12.7 Å². The van der Waals surface area contributed by atoms with Crippen LogP contribution in [0.4, 0.5) is 0 Å². The molecule has 1 unspecified atom stereocenters. The molecule has 4 rings (SSSR count). The summed E-state index contributed by atoms with van der Waals surface area (Å²) in [4.78, 5) is 20.9. The number of aromatic amines is 2. The maximum atomic E-state index is 12.9. The fourth-order valence-corrected chi connectivity index (χ4v) is 4.62. The zero-order valence-electron chi connectivity index (χ0n) is 14.1. The summed E-state index contributed by atoms with van der Waals surface area (Å²) >= 11 is 0. The molecule has 1 aliphatic heterocycles. The summed E-state index contributed by atoms with van der Waals surface area (Å²) in [5.74, 6) is 0.670. The molecular formula is C17H18N4O4S.